The third-order valence-electron chi connectivity index (χ3n) is 3.59. The van der Waals surface area contributed by atoms with Crippen molar-refractivity contribution in [3.63, 3.8) is 0 Å². The SMILES string of the molecule is CNC(Cc1cccs1)c1cc(C)nc2ccccc12. The molecule has 0 aliphatic heterocycles. The van der Waals surface area contributed by atoms with Gasteiger partial charge >= 0.3 is 0 Å². The molecule has 2 aromatic heterocycles. The topological polar surface area (TPSA) is 24.9 Å². The van der Waals surface area contributed by atoms with Gasteiger partial charge in [0.05, 0.1) is 5.52 Å². The van der Waals surface area contributed by atoms with Crippen molar-refractivity contribution in [2.45, 2.75) is 19.4 Å². The van der Waals surface area contributed by atoms with Gasteiger partial charge in [0.2, 0.25) is 0 Å². The number of pyridine rings is 1. The average molecular weight is 282 g/mol. The van der Waals surface area contributed by atoms with Crippen LogP contribution in [0.3, 0.4) is 0 Å². The largest absolute Gasteiger partial charge is 0.313 e. The molecule has 0 saturated heterocycles. The lowest BCUT2D eigenvalue weighted by Crippen LogP contribution is -2.19. The third-order valence-corrected chi connectivity index (χ3v) is 4.48. The van der Waals surface area contributed by atoms with Crippen LogP contribution in [0.15, 0.2) is 47.8 Å². The minimum atomic E-state index is 0.320. The number of aryl methyl sites for hydroxylation is 1. The summed E-state index contributed by atoms with van der Waals surface area (Å²) >= 11 is 1.82. The Balaban J connectivity index is 2.06. The predicted molar refractivity (Wildman–Crippen MR) is 86.3 cm³/mol. The Morgan fingerprint density at radius 2 is 2.05 bits per heavy atom. The molecule has 2 nitrogen and oxygen atoms in total. The van der Waals surface area contributed by atoms with Crippen LogP contribution in [-0.2, 0) is 6.42 Å². The van der Waals surface area contributed by atoms with Crippen LogP contribution in [0.1, 0.15) is 22.2 Å². The van der Waals surface area contributed by atoms with Gasteiger partial charge in [-0.2, -0.15) is 0 Å². The highest BCUT2D eigenvalue weighted by Gasteiger charge is 2.15. The minimum absolute atomic E-state index is 0.320. The Kier molecular flexibility index (Phi) is 3.81. The van der Waals surface area contributed by atoms with Gasteiger partial charge in [0.15, 0.2) is 0 Å². The fourth-order valence-corrected chi connectivity index (χ4v) is 3.38. The van der Waals surface area contributed by atoms with Crippen molar-refractivity contribution in [3.05, 3.63) is 64.0 Å². The molecule has 1 aromatic carbocycles. The van der Waals surface area contributed by atoms with Crippen LogP contribution in [0, 0.1) is 6.92 Å². The Hall–Kier alpha value is -1.71. The maximum atomic E-state index is 4.62. The lowest BCUT2D eigenvalue weighted by Gasteiger charge is -2.18. The fourth-order valence-electron chi connectivity index (χ4n) is 2.63. The van der Waals surface area contributed by atoms with Crippen LogP contribution in [-0.4, -0.2) is 12.0 Å². The highest BCUT2D eigenvalue weighted by molar-refractivity contribution is 7.09. The van der Waals surface area contributed by atoms with Crippen LogP contribution in [0.25, 0.3) is 10.9 Å². The van der Waals surface area contributed by atoms with Crippen LogP contribution >= 0.6 is 11.3 Å². The molecule has 0 aliphatic rings. The first kappa shape index (κ1) is 13.3. The lowest BCUT2D eigenvalue weighted by molar-refractivity contribution is 0.600. The van der Waals surface area contributed by atoms with Crippen molar-refractivity contribution in [2.75, 3.05) is 7.05 Å². The van der Waals surface area contributed by atoms with Gasteiger partial charge in [-0.3, -0.25) is 4.98 Å². The van der Waals surface area contributed by atoms with Crippen molar-refractivity contribution in [3.8, 4) is 0 Å². The van der Waals surface area contributed by atoms with Crippen LogP contribution in [0.2, 0.25) is 0 Å². The first-order chi connectivity index (χ1) is 9.78. The summed E-state index contributed by atoms with van der Waals surface area (Å²) in [6.45, 7) is 2.06. The van der Waals surface area contributed by atoms with E-state index in [0.29, 0.717) is 6.04 Å². The number of benzene rings is 1. The number of rotatable bonds is 4. The van der Waals surface area contributed by atoms with Crippen molar-refractivity contribution in [2.24, 2.45) is 0 Å². The second-order valence-electron chi connectivity index (χ2n) is 4.99. The van der Waals surface area contributed by atoms with Gasteiger partial charge in [0.1, 0.15) is 0 Å². The quantitative estimate of drug-likeness (QED) is 0.779. The number of para-hydroxylation sites is 1. The van der Waals surface area contributed by atoms with Crippen molar-refractivity contribution < 1.29 is 0 Å². The standard InChI is InChI=1S/C17H18N2S/c1-12-10-15(14-7-3-4-8-16(14)19-12)17(18-2)11-13-6-5-9-20-13/h3-10,17-18H,11H2,1-2H3. The number of nitrogens with zero attached hydrogens (tertiary/aromatic N) is 1. The molecule has 0 fully saturated rings. The van der Waals surface area contributed by atoms with Gasteiger partial charge < -0.3 is 5.32 Å². The normalized spacial score (nSPS) is 12.7. The number of thiophene rings is 1. The van der Waals surface area contributed by atoms with Crippen LogP contribution < -0.4 is 5.32 Å². The summed E-state index contributed by atoms with van der Waals surface area (Å²) in [6.07, 6.45) is 1.02. The molecule has 0 saturated carbocycles. The molecule has 2 heterocycles. The zero-order valence-electron chi connectivity index (χ0n) is 11.8. The first-order valence-corrected chi connectivity index (χ1v) is 7.72. The van der Waals surface area contributed by atoms with Crippen molar-refractivity contribution in [1.29, 1.82) is 0 Å². The number of hydrogen-bond acceptors (Lipinski definition) is 3. The second-order valence-corrected chi connectivity index (χ2v) is 6.03. The smallest absolute Gasteiger partial charge is 0.0708 e. The number of hydrogen-bond donors (Lipinski definition) is 1. The number of likely N-dealkylation sites (N-methyl/N-ethyl adjacent to an activating group) is 1. The van der Waals surface area contributed by atoms with Gasteiger partial charge in [-0.1, -0.05) is 24.3 Å². The number of nitrogens with one attached hydrogen (secondary N) is 1. The number of aromatic nitrogens is 1. The average Bonchev–Trinajstić information content (AvgIpc) is 2.97. The van der Waals surface area contributed by atoms with Crippen molar-refractivity contribution >= 4 is 22.2 Å². The van der Waals surface area contributed by atoms with Gasteiger partial charge in [-0.15, -0.1) is 11.3 Å². The van der Waals surface area contributed by atoms with E-state index in [1.165, 1.54) is 15.8 Å². The third kappa shape index (κ3) is 2.60. The van der Waals surface area contributed by atoms with Crippen molar-refractivity contribution in [1.82, 2.24) is 10.3 Å². The molecule has 3 heteroatoms. The van der Waals surface area contributed by atoms with Crippen LogP contribution in [0.4, 0.5) is 0 Å². The summed E-state index contributed by atoms with van der Waals surface area (Å²) in [7, 11) is 2.03. The molecule has 0 radical (unpaired) electrons. The molecule has 1 atom stereocenters. The first-order valence-electron chi connectivity index (χ1n) is 6.84. The van der Waals surface area contributed by atoms with Gasteiger partial charge in [-0.05, 0) is 43.1 Å². The summed E-state index contributed by atoms with van der Waals surface area (Å²) in [4.78, 5) is 6.03. The summed E-state index contributed by atoms with van der Waals surface area (Å²) < 4.78 is 0. The molecular weight excluding hydrogens is 264 g/mol. The van der Waals surface area contributed by atoms with E-state index in [4.69, 9.17) is 0 Å². The molecule has 1 N–H and O–H groups in total. The molecule has 1 unspecified atom stereocenters. The van der Waals surface area contributed by atoms with E-state index in [1.54, 1.807) is 0 Å². The zero-order chi connectivity index (χ0) is 13.9. The van der Waals surface area contributed by atoms with Gasteiger partial charge in [-0.25, -0.2) is 0 Å². The highest BCUT2D eigenvalue weighted by atomic mass is 32.1. The van der Waals surface area contributed by atoms with E-state index in [2.05, 4.69) is 59.0 Å². The monoisotopic (exact) mass is 282 g/mol. The fraction of sp³-hybridized carbons (Fsp3) is 0.235. The lowest BCUT2D eigenvalue weighted by atomic mass is 9.98. The van der Waals surface area contributed by atoms with E-state index >= 15 is 0 Å². The predicted octanol–water partition coefficient (Wildman–Crippen LogP) is 4.11. The van der Waals surface area contributed by atoms with E-state index in [-0.39, 0.29) is 0 Å². The van der Waals surface area contributed by atoms with Gasteiger partial charge in [0.25, 0.3) is 0 Å². The molecule has 0 aliphatic carbocycles. The van der Waals surface area contributed by atoms with E-state index in [1.807, 2.05) is 24.5 Å². The molecule has 102 valence electrons. The summed E-state index contributed by atoms with van der Waals surface area (Å²) in [6, 6.07) is 15.2. The molecule has 0 amide bonds. The maximum absolute atomic E-state index is 4.62. The molecular formula is C17H18N2S. The zero-order valence-corrected chi connectivity index (χ0v) is 12.6. The van der Waals surface area contributed by atoms with E-state index < -0.39 is 0 Å². The summed E-state index contributed by atoms with van der Waals surface area (Å²) in [5.41, 5.74) is 3.49. The molecule has 20 heavy (non-hydrogen) atoms. The molecule has 0 bridgehead atoms. The Bertz CT molecular complexity index is 704. The molecule has 0 spiro atoms. The van der Waals surface area contributed by atoms with E-state index in [9.17, 15) is 0 Å². The Labute approximate surface area is 123 Å². The minimum Gasteiger partial charge on any atom is -0.313 e. The van der Waals surface area contributed by atoms with Crippen LogP contribution in [0.5, 0.6) is 0 Å². The summed E-state index contributed by atoms with van der Waals surface area (Å²) in [5, 5.41) is 6.84. The Morgan fingerprint density at radius 1 is 1.20 bits per heavy atom. The molecule has 3 aromatic rings. The van der Waals surface area contributed by atoms with E-state index in [0.717, 1.165) is 17.6 Å². The van der Waals surface area contributed by atoms with Gasteiger partial charge in [0, 0.05) is 28.4 Å². The highest BCUT2D eigenvalue weighted by Crippen LogP contribution is 2.27. The summed E-state index contributed by atoms with van der Waals surface area (Å²) in [5.74, 6) is 0. The second kappa shape index (κ2) is 5.73. The molecule has 3 rings (SSSR count). The Morgan fingerprint density at radius 3 is 2.80 bits per heavy atom. The number of fused-ring (bicyclic) bond motifs is 1. The maximum Gasteiger partial charge on any atom is 0.0708 e.